The molecule has 0 aromatic rings. The van der Waals surface area contributed by atoms with Crippen molar-refractivity contribution in [2.24, 2.45) is 58.2 Å². The molecule has 2 nitrogen and oxygen atoms in total. The fourth-order valence-electron chi connectivity index (χ4n) is 11.7. The fourth-order valence-corrected chi connectivity index (χ4v) is 11.7. The number of unbranched alkanes of at least 4 members (excludes halogenated alkanes) is 8. The van der Waals surface area contributed by atoms with E-state index in [0.717, 1.165) is 79.4 Å². The Labute approximate surface area is 299 Å². The molecular weight excluding hydrogens is 585 g/mol. The second-order valence-corrected chi connectivity index (χ2v) is 18.5. The van der Waals surface area contributed by atoms with Gasteiger partial charge in [-0.3, -0.25) is 4.79 Å². The third kappa shape index (κ3) is 10.5. The maximum Gasteiger partial charge on any atom is 0.306 e. The van der Waals surface area contributed by atoms with Crippen LogP contribution in [-0.4, -0.2) is 12.1 Å². The zero-order valence-corrected chi connectivity index (χ0v) is 33.1. The molecule has 4 saturated carbocycles. The lowest BCUT2D eigenvalue weighted by atomic mass is 9.44. The van der Waals surface area contributed by atoms with Gasteiger partial charge in [0.1, 0.15) is 6.10 Å². The highest BCUT2D eigenvalue weighted by atomic mass is 16.5. The summed E-state index contributed by atoms with van der Waals surface area (Å²) in [6, 6.07) is 0. The number of hydrogen-bond donors (Lipinski definition) is 0. The molecule has 0 aromatic heterocycles. The van der Waals surface area contributed by atoms with E-state index in [4.69, 9.17) is 4.74 Å². The van der Waals surface area contributed by atoms with E-state index in [0.29, 0.717) is 17.3 Å². The maximum atomic E-state index is 12.8. The van der Waals surface area contributed by atoms with Gasteiger partial charge in [0, 0.05) is 6.42 Å². The molecule has 0 aliphatic heterocycles. The van der Waals surface area contributed by atoms with Crippen LogP contribution >= 0.6 is 0 Å². The molecule has 10 atom stereocenters. The van der Waals surface area contributed by atoms with Crippen LogP contribution in [0.5, 0.6) is 0 Å². The van der Waals surface area contributed by atoms with Crippen LogP contribution in [0.1, 0.15) is 196 Å². The van der Waals surface area contributed by atoms with Crippen LogP contribution in [0.15, 0.2) is 24.3 Å². The summed E-state index contributed by atoms with van der Waals surface area (Å²) in [7, 11) is 0. The molecule has 0 heterocycles. The molecule has 0 aromatic carbocycles. The van der Waals surface area contributed by atoms with Crippen molar-refractivity contribution in [1.82, 2.24) is 0 Å². The number of carbonyl (C=O) groups is 1. The van der Waals surface area contributed by atoms with E-state index >= 15 is 0 Å². The van der Waals surface area contributed by atoms with Crippen LogP contribution < -0.4 is 0 Å². The molecule has 276 valence electrons. The number of carbonyl (C=O) groups excluding carboxylic acids is 1. The molecule has 0 bridgehead atoms. The van der Waals surface area contributed by atoms with Crippen molar-refractivity contribution in [2.45, 2.75) is 202 Å². The number of hydrogen-bond acceptors (Lipinski definition) is 2. The topological polar surface area (TPSA) is 26.3 Å². The lowest BCUT2D eigenvalue weighted by Crippen LogP contribution is -2.54. The molecule has 0 radical (unpaired) electrons. The molecule has 0 spiro atoms. The average Bonchev–Trinajstić information content (AvgIpc) is 3.42. The van der Waals surface area contributed by atoms with Gasteiger partial charge in [-0.05, 0) is 154 Å². The highest BCUT2D eigenvalue weighted by Gasteiger charge is 2.60. The smallest absolute Gasteiger partial charge is 0.306 e. The summed E-state index contributed by atoms with van der Waals surface area (Å²) in [5.74, 6) is 7.08. The number of fused-ring (bicyclic) bond motifs is 5. The Balaban J connectivity index is 1.12. The van der Waals surface area contributed by atoms with Gasteiger partial charge in [-0.25, -0.2) is 0 Å². The summed E-state index contributed by atoms with van der Waals surface area (Å²) in [5.41, 5.74) is 1.03. The van der Waals surface area contributed by atoms with Gasteiger partial charge < -0.3 is 4.74 Å². The second kappa shape index (κ2) is 19.5. The Hall–Kier alpha value is -1.05. The van der Waals surface area contributed by atoms with Crippen LogP contribution in [-0.2, 0) is 9.53 Å². The predicted octanol–water partition coefficient (Wildman–Crippen LogP) is 14.1. The van der Waals surface area contributed by atoms with E-state index < -0.39 is 0 Å². The molecule has 0 amide bonds. The first-order chi connectivity index (χ1) is 23.1. The Morgan fingerprint density at radius 2 is 1.40 bits per heavy atom. The van der Waals surface area contributed by atoms with Gasteiger partial charge in [0.05, 0.1) is 0 Å². The second-order valence-electron chi connectivity index (χ2n) is 18.5. The SMILES string of the molecule is CCCCC/C=C\C/C=C\CCCCCCCC(=O)O[C@H]1CC[C@@]2(C)[C@@H](CC[C@@H]3[C@@H]2CC[C@]2(C)[C@@H]([C@H](C)CC[C@H](C)C(C)C)CC[C@@H]32)C1. The van der Waals surface area contributed by atoms with Gasteiger partial charge in [0.25, 0.3) is 0 Å². The molecule has 4 rings (SSSR count). The minimum Gasteiger partial charge on any atom is -0.462 e. The summed E-state index contributed by atoms with van der Waals surface area (Å²) < 4.78 is 6.17. The third-order valence-corrected chi connectivity index (χ3v) is 15.2. The van der Waals surface area contributed by atoms with Gasteiger partial charge in [0.15, 0.2) is 0 Å². The molecule has 4 aliphatic rings. The van der Waals surface area contributed by atoms with Crippen molar-refractivity contribution in [3.63, 3.8) is 0 Å². The van der Waals surface area contributed by atoms with Crippen LogP contribution in [0, 0.1) is 58.2 Å². The van der Waals surface area contributed by atoms with Crippen molar-refractivity contribution in [2.75, 3.05) is 0 Å². The van der Waals surface area contributed by atoms with Gasteiger partial charge in [0.2, 0.25) is 0 Å². The Morgan fingerprint density at radius 3 is 2.12 bits per heavy atom. The molecule has 0 saturated heterocycles. The first-order valence-corrected chi connectivity index (χ1v) is 21.6. The van der Waals surface area contributed by atoms with E-state index in [9.17, 15) is 4.79 Å². The largest absolute Gasteiger partial charge is 0.462 e. The van der Waals surface area contributed by atoms with Gasteiger partial charge >= 0.3 is 5.97 Å². The number of allylic oxidation sites excluding steroid dienone is 4. The summed E-state index contributed by atoms with van der Waals surface area (Å²) in [5, 5.41) is 0. The van der Waals surface area contributed by atoms with Crippen molar-refractivity contribution < 1.29 is 9.53 Å². The molecule has 0 unspecified atom stereocenters. The first kappa shape index (κ1) is 39.7. The van der Waals surface area contributed by atoms with Gasteiger partial charge in [-0.1, -0.05) is 118 Å². The quantitative estimate of drug-likeness (QED) is 0.0735. The standard InChI is InChI=1S/C46H80O2/c1-8-9-10-11-12-13-14-15-16-17-18-19-20-21-22-23-44(47)48-39-30-32-45(6)38(34-39)26-27-40-42-29-28-41(46(42,7)33-31-43(40)45)37(5)25-24-36(4)35(2)3/h12-13,15-16,35-43H,8-11,14,17-34H2,1-7H3/b13-12-,16-15-/t36-,37+,38-,39-,40-,41+,42-,43-,45-,46+/m0/s1. The highest BCUT2D eigenvalue weighted by molar-refractivity contribution is 5.69. The highest BCUT2D eigenvalue weighted by Crippen LogP contribution is 2.68. The normalized spacial score (nSPS) is 34.7. The third-order valence-electron chi connectivity index (χ3n) is 15.2. The molecular formula is C46H80O2. The van der Waals surface area contributed by atoms with Crippen LogP contribution in [0.4, 0.5) is 0 Å². The van der Waals surface area contributed by atoms with Crippen LogP contribution in [0.25, 0.3) is 0 Å². The van der Waals surface area contributed by atoms with E-state index in [1.165, 1.54) is 109 Å². The summed E-state index contributed by atoms with van der Waals surface area (Å²) in [6.45, 7) is 17.5. The predicted molar refractivity (Wildman–Crippen MR) is 207 cm³/mol. The fraction of sp³-hybridized carbons (Fsp3) is 0.891. The minimum absolute atomic E-state index is 0.0744. The van der Waals surface area contributed by atoms with Crippen molar-refractivity contribution in [1.29, 1.82) is 0 Å². The van der Waals surface area contributed by atoms with Crippen molar-refractivity contribution in [3.8, 4) is 0 Å². The maximum absolute atomic E-state index is 12.8. The van der Waals surface area contributed by atoms with Crippen molar-refractivity contribution in [3.05, 3.63) is 24.3 Å². The van der Waals surface area contributed by atoms with E-state index in [1.54, 1.807) is 0 Å². The molecule has 0 N–H and O–H groups in total. The average molecular weight is 665 g/mol. The molecule has 4 fully saturated rings. The van der Waals surface area contributed by atoms with Gasteiger partial charge in [-0.2, -0.15) is 0 Å². The van der Waals surface area contributed by atoms with Crippen molar-refractivity contribution >= 4 is 5.97 Å². The Bertz CT molecular complexity index is 994. The minimum atomic E-state index is 0.0744. The zero-order valence-electron chi connectivity index (χ0n) is 33.1. The number of rotatable bonds is 20. The first-order valence-electron chi connectivity index (χ1n) is 21.6. The molecule has 4 aliphatic carbocycles. The molecule has 48 heavy (non-hydrogen) atoms. The van der Waals surface area contributed by atoms with E-state index in [-0.39, 0.29) is 12.1 Å². The molecule has 2 heteroatoms. The van der Waals surface area contributed by atoms with E-state index in [2.05, 4.69) is 72.8 Å². The Kier molecular flexibility index (Phi) is 16.2. The Morgan fingerprint density at radius 1 is 0.729 bits per heavy atom. The van der Waals surface area contributed by atoms with Crippen LogP contribution in [0.2, 0.25) is 0 Å². The van der Waals surface area contributed by atoms with Crippen LogP contribution in [0.3, 0.4) is 0 Å². The monoisotopic (exact) mass is 665 g/mol. The van der Waals surface area contributed by atoms with Gasteiger partial charge in [-0.15, -0.1) is 0 Å². The summed E-state index contributed by atoms with van der Waals surface area (Å²) in [4.78, 5) is 12.8. The zero-order chi connectivity index (χ0) is 34.6. The summed E-state index contributed by atoms with van der Waals surface area (Å²) in [6.07, 6.45) is 38.5. The number of ether oxygens (including phenoxy) is 1. The van der Waals surface area contributed by atoms with E-state index in [1.807, 2.05) is 0 Å². The summed E-state index contributed by atoms with van der Waals surface area (Å²) >= 11 is 0. The lowest BCUT2D eigenvalue weighted by molar-refractivity contribution is -0.162. The lowest BCUT2D eigenvalue weighted by Gasteiger charge is -2.61. The number of esters is 1.